The van der Waals surface area contributed by atoms with Gasteiger partial charge < -0.3 is 4.74 Å². The van der Waals surface area contributed by atoms with Crippen molar-refractivity contribution in [3.8, 4) is 0 Å². The van der Waals surface area contributed by atoms with Crippen LogP contribution in [0.2, 0.25) is 0 Å². The van der Waals surface area contributed by atoms with Crippen molar-refractivity contribution in [1.29, 1.82) is 0 Å². The molecular formula is C29H45FO2. The molecule has 3 heteroatoms. The number of halogens is 1. The fourth-order valence-electron chi connectivity index (χ4n) is 6.98. The van der Waals surface area contributed by atoms with E-state index in [0.29, 0.717) is 23.7 Å². The average molecular weight is 445 g/mol. The van der Waals surface area contributed by atoms with Crippen molar-refractivity contribution >= 4 is 5.97 Å². The standard InChI is InChI=1S/C29H45FO2/c1-20-11-14-25(32-22(3)31)19-24(20)13-12-23-10-8-18-29(6)26(15-16-27(23)29)21(2)9-7-17-28(4,5)30/h12-13,21,25-27H,1,7-11,14-19H2,2-6H3/b23-12?,24-13-/t21-,25+,26-,27?,29-/m1/s1. The summed E-state index contributed by atoms with van der Waals surface area (Å²) < 4.78 is 19.4. The maximum Gasteiger partial charge on any atom is 0.302 e. The van der Waals surface area contributed by atoms with Gasteiger partial charge in [0.1, 0.15) is 11.8 Å². The summed E-state index contributed by atoms with van der Waals surface area (Å²) in [5, 5.41) is 0. The second-order valence-electron chi connectivity index (χ2n) is 11.7. The summed E-state index contributed by atoms with van der Waals surface area (Å²) in [5.74, 6) is 1.88. The van der Waals surface area contributed by atoms with Crippen LogP contribution in [0.25, 0.3) is 0 Å². The molecule has 3 rings (SSSR count). The van der Waals surface area contributed by atoms with E-state index in [-0.39, 0.29) is 12.1 Å². The predicted octanol–water partition coefficient (Wildman–Crippen LogP) is 8.28. The van der Waals surface area contributed by atoms with Crippen LogP contribution in [0.15, 0.2) is 35.5 Å². The van der Waals surface area contributed by atoms with Crippen molar-refractivity contribution in [3.05, 3.63) is 35.5 Å². The normalized spacial score (nSPS) is 34.6. The van der Waals surface area contributed by atoms with Crippen LogP contribution in [0.5, 0.6) is 0 Å². The summed E-state index contributed by atoms with van der Waals surface area (Å²) in [4.78, 5) is 11.4. The van der Waals surface area contributed by atoms with E-state index in [1.165, 1.54) is 50.2 Å². The summed E-state index contributed by atoms with van der Waals surface area (Å²) in [5.41, 5.74) is 3.37. The van der Waals surface area contributed by atoms with Gasteiger partial charge in [0.05, 0.1) is 0 Å². The first kappa shape index (κ1) is 25.2. The van der Waals surface area contributed by atoms with Crippen molar-refractivity contribution in [1.82, 2.24) is 0 Å². The van der Waals surface area contributed by atoms with E-state index in [2.05, 4.69) is 32.6 Å². The van der Waals surface area contributed by atoms with Crippen LogP contribution in [-0.2, 0) is 9.53 Å². The van der Waals surface area contributed by atoms with E-state index >= 15 is 0 Å². The average Bonchev–Trinajstić information content (AvgIpc) is 3.04. The first-order valence-corrected chi connectivity index (χ1v) is 12.9. The number of alkyl halides is 1. The lowest BCUT2D eigenvalue weighted by atomic mass is 9.60. The van der Waals surface area contributed by atoms with Gasteiger partial charge in [0.15, 0.2) is 0 Å². The summed E-state index contributed by atoms with van der Waals surface area (Å²) >= 11 is 0. The second kappa shape index (κ2) is 10.3. The van der Waals surface area contributed by atoms with Crippen LogP contribution >= 0.6 is 0 Å². The van der Waals surface area contributed by atoms with Crippen molar-refractivity contribution in [3.63, 3.8) is 0 Å². The van der Waals surface area contributed by atoms with E-state index in [4.69, 9.17) is 4.74 Å². The monoisotopic (exact) mass is 444 g/mol. The Hall–Kier alpha value is -1.38. The molecule has 0 saturated heterocycles. The van der Waals surface area contributed by atoms with Crippen molar-refractivity contribution < 1.29 is 13.9 Å². The molecule has 0 heterocycles. The van der Waals surface area contributed by atoms with Crippen LogP contribution in [0.4, 0.5) is 4.39 Å². The van der Waals surface area contributed by atoms with E-state index < -0.39 is 5.67 Å². The minimum absolute atomic E-state index is 0.00900. The molecule has 3 saturated carbocycles. The summed E-state index contributed by atoms with van der Waals surface area (Å²) in [7, 11) is 0. The Bertz CT molecular complexity index is 756. The van der Waals surface area contributed by atoms with Crippen molar-refractivity contribution in [2.75, 3.05) is 0 Å². The minimum atomic E-state index is -1.05. The van der Waals surface area contributed by atoms with Gasteiger partial charge in [-0.2, -0.15) is 0 Å². The van der Waals surface area contributed by atoms with E-state index in [1.54, 1.807) is 19.4 Å². The summed E-state index contributed by atoms with van der Waals surface area (Å²) in [6.45, 7) is 14.1. The molecule has 0 radical (unpaired) electrons. The number of esters is 1. The molecule has 0 amide bonds. The molecule has 0 N–H and O–H groups in total. The lowest BCUT2D eigenvalue weighted by molar-refractivity contribution is -0.146. The Balaban J connectivity index is 1.68. The Morgan fingerprint density at radius 3 is 2.72 bits per heavy atom. The van der Waals surface area contributed by atoms with Crippen LogP contribution in [0.3, 0.4) is 0 Å². The molecule has 32 heavy (non-hydrogen) atoms. The van der Waals surface area contributed by atoms with Crippen LogP contribution < -0.4 is 0 Å². The maximum atomic E-state index is 13.9. The molecule has 0 aromatic heterocycles. The number of carbonyl (C=O) groups is 1. The number of ether oxygens (including phenoxy) is 1. The fourth-order valence-corrected chi connectivity index (χ4v) is 6.98. The highest BCUT2D eigenvalue weighted by Crippen LogP contribution is 2.60. The molecule has 0 aromatic rings. The largest absolute Gasteiger partial charge is 0.462 e. The number of fused-ring (bicyclic) bond motifs is 1. The predicted molar refractivity (Wildman–Crippen MR) is 131 cm³/mol. The molecule has 1 unspecified atom stereocenters. The van der Waals surface area contributed by atoms with Gasteiger partial charge in [-0.3, -0.25) is 4.79 Å². The molecule has 3 aliphatic carbocycles. The number of allylic oxidation sites excluding steroid dienone is 4. The molecule has 180 valence electrons. The fraction of sp³-hybridized carbons (Fsp3) is 0.759. The first-order valence-electron chi connectivity index (χ1n) is 12.9. The van der Waals surface area contributed by atoms with Gasteiger partial charge in [-0.05, 0) is 94.0 Å². The lowest BCUT2D eigenvalue weighted by Gasteiger charge is -2.44. The molecule has 5 atom stereocenters. The summed E-state index contributed by atoms with van der Waals surface area (Å²) in [6, 6.07) is 0. The van der Waals surface area contributed by atoms with Gasteiger partial charge in [-0.1, -0.05) is 56.6 Å². The molecule has 0 bridgehead atoms. The van der Waals surface area contributed by atoms with E-state index in [9.17, 15) is 9.18 Å². The van der Waals surface area contributed by atoms with E-state index in [0.717, 1.165) is 38.0 Å². The third-order valence-electron chi connectivity index (χ3n) is 8.66. The SMILES string of the molecule is C=C1CC[C@H](OC(C)=O)C/C1=C/C=C1CCC[C@@]2(C)C1CC[C@@H]2[C@H](C)CCCC(C)(C)F. The topological polar surface area (TPSA) is 26.3 Å². The van der Waals surface area contributed by atoms with Gasteiger partial charge in [-0.25, -0.2) is 4.39 Å². The number of rotatable bonds is 7. The third-order valence-corrected chi connectivity index (χ3v) is 8.66. The van der Waals surface area contributed by atoms with Crippen molar-refractivity contribution in [2.45, 2.75) is 117 Å². The molecule has 0 aliphatic heterocycles. The Labute approximate surface area is 195 Å². The Kier molecular flexibility index (Phi) is 8.10. The first-order chi connectivity index (χ1) is 15.0. The van der Waals surface area contributed by atoms with Gasteiger partial charge in [0.2, 0.25) is 0 Å². The molecule has 2 nitrogen and oxygen atoms in total. The Morgan fingerprint density at radius 2 is 2.03 bits per heavy atom. The number of carbonyl (C=O) groups excluding carboxylic acids is 1. The van der Waals surface area contributed by atoms with Gasteiger partial charge in [0, 0.05) is 13.3 Å². The highest BCUT2D eigenvalue weighted by atomic mass is 19.1. The zero-order valence-electron chi connectivity index (χ0n) is 21.1. The molecular weight excluding hydrogens is 399 g/mol. The van der Waals surface area contributed by atoms with Crippen LogP contribution in [0.1, 0.15) is 105 Å². The second-order valence-corrected chi connectivity index (χ2v) is 11.7. The van der Waals surface area contributed by atoms with Crippen molar-refractivity contribution in [2.24, 2.45) is 23.2 Å². The Morgan fingerprint density at radius 1 is 1.28 bits per heavy atom. The third kappa shape index (κ3) is 6.14. The van der Waals surface area contributed by atoms with Gasteiger partial charge in [0.25, 0.3) is 0 Å². The maximum absolute atomic E-state index is 13.9. The zero-order valence-corrected chi connectivity index (χ0v) is 21.1. The molecule has 3 aliphatic rings. The highest BCUT2D eigenvalue weighted by molar-refractivity contribution is 5.66. The summed E-state index contributed by atoms with van der Waals surface area (Å²) in [6.07, 6.45) is 16.4. The van der Waals surface area contributed by atoms with Gasteiger partial charge in [-0.15, -0.1) is 0 Å². The smallest absolute Gasteiger partial charge is 0.302 e. The molecule has 3 fully saturated rings. The van der Waals surface area contributed by atoms with Gasteiger partial charge >= 0.3 is 5.97 Å². The van der Waals surface area contributed by atoms with E-state index in [1.807, 2.05) is 0 Å². The van der Waals surface area contributed by atoms with Crippen LogP contribution in [0, 0.1) is 23.2 Å². The minimum Gasteiger partial charge on any atom is -0.462 e. The molecule has 0 aromatic carbocycles. The quantitative estimate of drug-likeness (QED) is 0.369. The number of hydrogen-bond acceptors (Lipinski definition) is 2. The number of hydrogen-bond donors (Lipinski definition) is 0. The van der Waals surface area contributed by atoms with Crippen LogP contribution in [-0.4, -0.2) is 17.7 Å². The zero-order chi connectivity index (χ0) is 23.5. The molecule has 0 spiro atoms. The lowest BCUT2D eigenvalue weighted by Crippen LogP contribution is -2.36. The highest BCUT2D eigenvalue weighted by Gasteiger charge is 2.50.